The monoisotopic (exact) mass is 272 g/mol. The van der Waals surface area contributed by atoms with Crippen molar-refractivity contribution in [2.75, 3.05) is 40.3 Å². The van der Waals surface area contributed by atoms with E-state index in [0.717, 1.165) is 0 Å². The molecule has 3 N–H and O–H groups in total. The summed E-state index contributed by atoms with van der Waals surface area (Å²) in [6.45, 7) is 5.22. The molecule has 7 heteroatoms. The van der Waals surface area contributed by atoms with Crippen molar-refractivity contribution >= 4 is 0 Å². The van der Waals surface area contributed by atoms with Gasteiger partial charge in [0.05, 0.1) is 0 Å². The van der Waals surface area contributed by atoms with Crippen LogP contribution in [0.15, 0.2) is 0 Å². The Morgan fingerprint density at radius 1 is 1.12 bits per heavy atom. The van der Waals surface area contributed by atoms with Gasteiger partial charge in [-0.05, 0) is 59.5 Å². The number of piperidine rings is 1. The molecule has 0 unspecified atom stereocenters. The Hall–Kier alpha value is 0.0500. The molecule has 0 spiro atoms. The van der Waals surface area contributed by atoms with Gasteiger partial charge in [-0.3, -0.25) is 0 Å². The van der Waals surface area contributed by atoms with Gasteiger partial charge in [0.1, 0.15) is 0 Å². The molecule has 106 valence electrons. The van der Waals surface area contributed by atoms with E-state index in [1.54, 1.807) is 0 Å². The Morgan fingerprint density at radius 3 is 2.00 bits per heavy atom. The minimum absolute atomic E-state index is 1.23. The number of nitrogens with zero attached hydrogens (tertiary/aromatic N) is 2. The van der Waals surface area contributed by atoms with Crippen LogP contribution in [0.5, 0.6) is 0 Å². The molecular weight excluding hydrogens is 248 g/mol. The fourth-order valence-electron chi connectivity index (χ4n) is 1.79. The summed E-state index contributed by atoms with van der Waals surface area (Å²) < 4.78 is 30.2. The van der Waals surface area contributed by atoms with Crippen molar-refractivity contribution in [3.8, 4) is 0 Å². The number of hydrogen-bond donors (Lipinski definition) is 3. The topological polar surface area (TPSA) is 90.2 Å². The molecule has 0 aliphatic carbocycles. The van der Waals surface area contributed by atoms with Gasteiger partial charge in [-0.15, -0.1) is 0 Å². The summed E-state index contributed by atoms with van der Waals surface area (Å²) in [7, 11) is 0.104. The van der Waals surface area contributed by atoms with E-state index in [1.807, 2.05) is 0 Å². The second-order valence-corrected chi connectivity index (χ2v) is 5.36. The van der Waals surface area contributed by atoms with Crippen molar-refractivity contribution in [3.63, 3.8) is 0 Å². The molecule has 1 rings (SSSR count). The molecular formula is C10H25ClN2O4. The molecule has 0 bridgehead atoms. The van der Waals surface area contributed by atoms with Crippen LogP contribution in [0.1, 0.15) is 25.7 Å². The van der Waals surface area contributed by atoms with E-state index in [4.69, 9.17) is 18.6 Å². The van der Waals surface area contributed by atoms with Gasteiger partial charge in [0.25, 0.3) is 0 Å². The quantitative estimate of drug-likeness (QED) is 0.581. The van der Waals surface area contributed by atoms with Gasteiger partial charge in [-0.2, -0.15) is 0 Å². The van der Waals surface area contributed by atoms with Gasteiger partial charge in [-0.1, -0.05) is 6.42 Å². The number of halogens is 1. The first-order valence-corrected chi connectivity index (χ1v) is 7.14. The van der Waals surface area contributed by atoms with Gasteiger partial charge in [0.2, 0.25) is 0 Å². The van der Waals surface area contributed by atoms with Crippen LogP contribution in [0, 0.1) is 10.2 Å². The first-order valence-electron chi connectivity index (χ1n) is 5.82. The number of likely N-dealkylation sites (tertiary alicyclic amines) is 1. The second kappa shape index (κ2) is 9.04. The van der Waals surface area contributed by atoms with Crippen LogP contribution in [0.4, 0.5) is 0 Å². The summed E-state index contributed by atoms with van der Waals surface area (Å²) in [6.07, 6.45) is 5.61. The van der Waals surface area contributed by atoms with E-state index >= 15 is 0 Å². The standard InChI is InChI=1S/C10H22N2.ClH3O4/c1-11(2)7-6-10-12-8-4-3-5-9-12;2-1(3,4)5/h3-10H2,1-2H3;2-4H. The van der Waals surface area contributed by atoms with E-state index in [-0.39, 0.29) is 0 Å². The Morgan fingerprint density at radius 2 is 1.59 bits per heavy atom. The van der Waals surface area contributed by atoms with Gasteiger partial charge >= 0.3 is 28.9 Å². The van der Waals surface area contributed by atoms with Crippen molar-refractivity contribution in [3.05, 3.63) is 0 Å². The zero-order valence-corrected chi connectivity index (χ0v) is 11.4. The maximum atomic E-state index is 8.83. The van der Waals surface area contributed by atoms with Crippen molar-refractivity contribution in [2.45, 2.75) is 25.7 Å². The number of hydrogen-bond acceptors (Lipinski definition) is 6. The summed E-state index contributed by atoms with van der Waals surface area (Å²) in [5.41, 5.74) is 0. The minimum atomic E-state index is -4.19. The molecule has 1 aliphatic rings. The number of rotatable bonds is 4. The van der Waals surface area contributed by atoms with Crippen molar-refractivity contribution in [2.24, 2.45) is 0 Å². The third-order valence-corrected chi connectivity index (χ3v) is 2.53. The van der Waals surface area contributed by atoms with Crippen LogP contribution in [0.25, 0.3) is 0 Å². The summed E-state index contributed by atoms with van der Waals surface area (Å²) in [6, 6.07) is 0. The SMILES string of the molecule is CN(C)CCCN1CCCCC1.[O-][Cl+](O)(O)O. The Balaban J connectivity index is 0.000000437. The molecule has 0 aromatic heterocycles. The molecule has 0 atom stereocenters. The first kappa shape index (κ1) is 17.1. The fraction of sp³-hybridized carbons (Fsp3) is 1.00. The van der Waals surface area contributed by atoms with Crippen LogP contribution in [-0.4, -0.2) is 64.1 Å². The maximum absolute atomic E-state index is 8.83. The first-order chi connectivity index (χ1) is 7.79. The normalized spacial score (nSPS) is 18.8. The Labute approximate surface area is 105 Å². The average Bonchev–Trinajstić information content (AvgIpc) is 2.16. The molecule has 0 amide bonds. The fourth-order valence-corrected chi connectivity index (χ4v) is 1.79. The summed E-state index contributed by atoms with van der Waals surface area (Å²) in [5.74, 6) is 0. The van der Waals surface area contributed by atoms with Gasteiger partial charge < -0.3 is 9.80 Å². The molecule has 0 aromatic rings. The van der Waals surface area contributed by atoms with Crippen LogP contribution in [0.3, 0.4) is 0 Å². The van der Waals surface area contributed by atoms with Crippen LogP contribution >= 0.6 is 0 Å². The molecule has 6 nitrogen and oxygen atoms in total. The molecule has 1 fully saturated rings. The molecule has 1 saturated heterocycles. The molecule has 1 aliphatic heterocycles. The van der Waals surface area contributed by atoms with Crippen LogP contribution < -0.4 is 4.66 Å². The summed E-state index contributed by atoms with van der Waals surface area (Å²) >= 11 is 0. The van der Waals surface area contributed by atoms with Crippen molar-refractivity contribution < 1.29 is 28.9 Å². The molecule has 0 saturated carbocycles. The zero-order chi connectivity index (χ0) is 13.3. The van der Waals surface area contributed by atoms with E-state index in [2.05, 4.69) is 23.9 Å². The zero-order valence-electron chi connectivity index (χ0n) is 10.7. The molecule has 0 radical (unpaired) electrons. The predicted octanol–water partition coefficient (Wildman–Crippen LogP) is -1.44. The van der Waals surface area contributed by atoms with Crippen LogP contribution in [-0.2, 0) is 0 Å². The molecule has 17 heavy (non-hydrogen) atoms. The second-order valence-electron chi connectivity index (χ2n) is 4.49. The Kier molecular flexibility index (Phi) is 9.07. The van der Waals surface area contributed by atoms with E-state index in [9.17, 15) is 0 Å². The van der Waals surface area contributed by atoms with E-state index in [0.29, 0.717) is 0 Å². The molecule has 1 heterocycles. The van der Waals surface area contributed by atoms with Crippen molar-refractivity contribution in [1.82, 2.24) is 9.80 Å². The van der Waals surface area contributed by atoms with Crippen molar-refractivity contribution in [1.29, 1.82) is 0 Å². The average molecular weight is 273 g/mol. The van der Waals surface area contributed by atoms with E-state index in [1.165, 1.54) is 51.9 Å². The summed E-state index contributed by atoms with van der Waals surface area (Å²) in [4.78, 5) is 4.87. The van der Waals surface area contributed by atoms with Gasteiger partial charge in [0.15, 0.2) is 0 Å². The van der Waals surface area contributed by atoms with Gasteiger partial charge in [-0.25, -0.2) is 0 Å². The third-order valence-electron chi connectivity index (χ3n) is 2.53. The van der Waals surface area contributed by atoms with Crippen LogP contribution in [0.2, 0.25) is 0 Å². The van der Waals surface area contributed by atoms with Gasteiger partial charge in [0, 0.05) is 0 Å². The predicted molar refractivity (Wildman–Crippen MR) is 60.1 cm³/mol. The molecule has 0 aromatic carbocycles. The third kappa shape index (κ3) is 16.1. The van der Waals surface area contributed by atoms with E-state index < -0.39 is 10.2 Å². The summed E-state index contributed by atoms with van der Waals surface area (Å²) in [5, 5.41) is 0. The Bertz CT molecular complexity index is 176.